The minimum atomic E-state index is -0.672. The number of anilines is 1. The van der Waals surface area contributed by atoms with E-state index in [0.29, 0.717) is 6.61 Å². The maximum absolute atomic E-state index is 12.1. The van der Waals surface area contributed by atoms with Crippen molar-refractivity contribution in [3.05, 3.63) is 28.2 Å². The van der Waals surface area contributed by atoms with Crippen LogP contribution in [0.2, 0.25) is 0 Å². The molecule has 0 spiro atoms. The molecule has 1 unspecified atom stereocenters. The van der Waals surface area contributed by atoms with Crippen molar-refractivity contribution in [3.63, 3.8) is 0 Å². The topological polar surface area (TPSA) is 38.3 Å². The van der Waals surface area contributed by atoms with Crippen LogP contribution in [-0.4, -0.2) is 18.1 Å². The maximum atomic E-state index is 12.1. The first-order valence-electron chi connectivity index (χ1n) is 5.73. The molecule has 2 rings (SSSR count). The van der Waals surface area contributed by atoms with Crippen molar-refractivity contribution in [2.45, 2.75) is 32.3 Å². The van der Waals surface area contributed by atoms with Crippen LogP contribution in [0, 0.1) is 6.92 Å². The lowest BCUT2D eigenvalue weighted by atomic mass is 10.0. The summed E-state index contributed by atoms with van der Waals surface area (Å²) in [6, 6.07) is 5.84. The Balaban J connectivity index is 2.15. The van der Waals surface area contributed by atoms with Gasteiger partial charge in [-0.15, -0.1) is 0 Å². The second-order valence-electron chi connectivity index (χ2n) is 4.60. The number of halogens is 1. The minimum absolute atomic E-state index is 0.0591. The first-order valence-corrected chi connectivity index (χ1v) is 6.52. The molecule has 3 nitrogen and oxygen atoms in total. The smallest absolute Gasteiger partial charge is 0.256 e. The maximum Gasteiger partial charge on any atom is 0.256 e. The van der Waals surface area contributed by atoms with Crippen LogP contribution >= 0.6 is 15.9 Å². The highest BCUT2D eigenvalue weighted by Crippen LogP contribution is 2.28. The fourth-order valence-electron chi connectivity index (χ4n) is 1.94. The molecule has 4 heteroatoms. The van der Waals surface area contributed by atoms with Crippen LogP contribution in [0.4, 0.5) is 5.69 Å². The third-order valence-corrected chi connectivity index (χ3v) is 3.64. The highest BCUT2D eigenvalue weighted by atomic mass is 79.9. The van der Waals surface area contributed by atoms with Crippen molar-refractivity contribution < 1.29 is 9.53 Å². The minimum Gasteiger partial charge on any atom is -0.365 e. The number of hydrogen-bond acceptors (Lipinski definition) is 2. The van der Waals surface area contributed by atoms with Gasteiger partial charge in [-0.25, -0.2) is 0 Å². The van der Waals surface area contributed by atoms with Gasteiger partial charge in [0.05, 0.1) is 0 Å². The van der Waals surface area contributed by atoms with Crippen molar-refractivity contribution in [3.8, 4) is 0 Å². The molecule has 1 heterocycles. The summed E-state index contributed by atoms with van der Waals surface area (Å²) in [5.74, 6) is -0.0591. The van der Waals surface area contributed by atoms with Crippen LogP contribution in [-0.2, 0) is 9.53 Å². The summed E-state index contributed by atoms with van der Waals surface area (Å²) in [4.78, 5) is 12.1. The fraction of sp³-hybridized carbons (Fsp3) is 0.462. The van der Waals surface area contributed by atoms with E-state index >= 15 is 0 Å². The van der Waals surface area contributed by atoms with E-state index in [1.165, 1.54) is 0 Å². The molecule has 1 amide bonds. The molecule has 92 valence electrons. The summed E-state index contributed by atoms with van der Waals surface area (Å²) in [5.41, 5.74) is 1.21. The number of nitrogens with one attached hydrogen (secondary N) is 1. The number of ether oxygens (including phenoxy) is 1. The molecule has 0 aromatic heterocycles. The molecule has 1 aliphatic rings. The van der Waals surface area contributed by atoms with Crippen LogP contribution in [0.25, 0.3) is 0 Å². The lowest BCUT2D eigenvalue weighted by Gasteiger charge is -2.22. The number of benzene rings is 1. The van der Waals surface area contributed by atoms with E-state index in [4.69, 9.17) is 4.74 Å². The van der Waals surface area contributed by atoms with Crippen LogP contribution in [0.5, 0.6) is 0 Å². The molecule has 17 heavy (non-hydrogen) atoms. The van der Waals surface area contributed by atoms with Crippen molar-refractivity contribution >= 4 is 27.5 Å². The SMILES string of the molecule is Cc1ccc(Br)cc1NC(=O)C1(C)CCCO1. The van der Waals surface area contributed by atoms with Crippen molar-refractivity contribution in [1.82, 2.24) is 0 Å². The Hall–Kier alpha value is -0.870. The lowest BCUT2D eigenvalue weighted by molar-refractivity contribution is -0.133. The van der Waals surface area contributed by atoms with Gasteiger partial charge in [0, 0.05) is 16.8 Å². The molecule has 0 radical (unpaired) electrons. The summed E-state index contributed by atoms with van der Waals surface area (Å²) in [6.07, 6.45) is 1.73. The zero-order chi connectivity index (χ0) is 12.5. The molecule has 1 aliphatic heterocycles. The van der Waals surface area contributed by atoms with E-state index in [-0.39, 0.29) is 5.91 Å². The quantitative estimate of drug-likeness (QED) is 0.910. The van der Waals surface area contributed by atoms with Crippen molar-refractivity contribution in [1.29, 1.82) is 0 Å². The Kier molecular flexibility index (Phi) is 3.54. The predicted molar refractivity (Wildman–Crippen MR) is 71.1 cm³/mol. The molecule has 0 saturated carbocycles. The van der Waals surface area contributed by atoms with Gasteiger partial charge in [-0.1, -0.05) is 22.0 Å². The number of hydrogen-bond donors (Lipinski definition) is 1. The third kappa shape index (κ3) is 2.69. The van der Waals surface area contributed by atoms with E-state index in [9.17, 15) is 4.79 Å². The summed E-state index contributed by atoms with van der Waals surface area (Å²) in [5, 5.41) is 2.94. The number of aryl methyl sites for hydroxylation is 1. The molecule has 1 aromatic rings. The molecule has 0 bridgehead atoms. The largest absolute Gasteiger partial charge is 0.365 e. The number of carbonyl (C=O) groups is 1. The Morgan fingerprint density at radius 1 is 1.53 bits per heavy atom. The Bertz CT molecular complexity index is 439. The second-order valence-corrected chi connectivity index (χ2v) is 5.51. The monoisotopic (exact) mass is 297 g/mol. The second kappa shape index (κ2) is 4.78. The van der Waals surface area contributed by atoms with Gasteiger partial charge in [0.15, 0.2) is 0 Å². The number of amides is 1. The van der Waals surface area contributed by atoms with Gasteiger partial charge in [-0.3, -0.25) is 4.79 Å². The first kappa shape index (κ1) is 12.6. The zero-order valence-corrected chi connectivity index (χ0v) is 11.6. The van der Waals surface area contributed by atoms with E-state index in [1.807, 2.05) is 32.0 Å². The van der Waals surface area contributed by atoms with Crippen LogP contribution < -0.4 is 5.32 Å². The summed E-state index contributed by atoms with van der Waals surface area (Å²) in [6.45, 7) is 4.49. The standard InChI is InChI=1S/C13H16BrNO2/c1-9-4-5-10(14)8-11(9)15-12(16)13(2)6-3-7-17-13/h4-5,8H,3,6-7H2,1-2H3,(H,15,16). The molecule has 1 atom stereocenters. The summed E-state index contributed by atoms with van der Waals surface area (Å²) in [7, 11) is 0. The van der Waals surface area contributed by atoms with Gasteiger partial charge in [0.25, 0.3) is 5.91 Å². The van der Waals surface area contributed by atoms with Gasteiger partial charge >= 0.3 is 0 Å². The zero-order valence-electron chi connectivity index (χ0n) is 10.0. The van der Waals surface area contributed by atoms with Gasteiger partial charge in [0.2, 0.25) is 0 Å². The highest BCUT2D eigenvalue weighted by Gasteiger charge is 2.37. The van der Waals surface area contributed by atoms with E-state index in [2.05, 4.69) is 21.2 Å². The average molecular weight is 298 g/mol. The van der Waals surface area contributed by atoms with Gasteiger partial charge < -0.3 is 10.1 Å². The highest BCUT2D eigenvalue weighted by molar-refractivity contribution is 9.10. The predicted octanol–water partition coefficient (Wildman–Crippen LogP) is 3.27. The van der Waals surface area contributed by atoms with Crippen LogP contribution in [0.1, 0.15) is 25.3 Å². The Labute approximate surface area is 110 Å². The molecule has 0 aliphatic carbocycles. The fourth-order valence-corrected chi connectivity index (χ4v) is 2.30. The normalized spacial score (nSPS) is 23.7. The molecular weight excluding hydrogens is 282 g/mol. The average Bonchev–Trinajstić information content (AvgIpc) is 2.72. The molecule has 1 fully saturated rings. The molecule has 1 aromatic carbocycles. The Morgan fingerprint density at radius 2 is 2.29 bits per heavy atom. The van der Waals surface area contributed by atoms with E-state index in [1.54, 1.807) is 0 Å². The van der Waals surface area contributed by atoms with Gasteiger partial charge in [-0.2, -0.15) is 0 Å². The van der Waals surface area contributed by atoms with Crippen LogP contribution in [0.3, 0.4) is 0 Å². The molecule has 1 saturated heterocycles. The Morgan fingerprint density at radius 3 is 2.94 bits per heavy atom. The number of rotatable bonds is 2. The van der Waals surface area contributed by atoms with Crippen LogP contribution in [0.15, 0.2) is 22.7 Å². The van der Waals surface area contributed by atoms with E-state index < -0.39 is 5.60 Å². The lowest BCUT2D eigenvalue weighted by Crippen LogP contribution is -2.39. The van der Waals surface area contributed by atoms with Gasteiger partial charge in [-0.05, 0) is 44.4 Å². The third-order valence-electron chi connectivity index (χ3n) is 3.15. The van der Waals surface area contributed by atoms with Gasteiger partial charge in [0.1, 0.15) is 5.60 Å². The first-order chi connectivity index (χ1) is 8.01. The summed E-state index contributed by atoms with van der Waals surface area (Å²) >= 11 is 3.40. The molecule has 1 N–H and O–H groups in total. The number of carbonyl (C=O) groups excluding carboxylic acids is 1. The summed E-state index contributed by atoms with van der Waals surface area (Å²) < 4.78 is 6.48. The molecular formula is C13H16BrNO2. The van der Waals surface area contributed by atoms with Crippen molar-refractivity contribution in [2.75, 3.05) is 11.9 Å². The van der Waals surface area contributed by atoms with E-state index in [0.717, 1.165) is 28.6 Å². The van der Waals surface area contributed by atoms with Crippen molar-refractivity contribution in [2.24, 2.45) is 0 Å².